The summed E-state index contributed by atoms with van der Waals surface area (Å²) >= 11 is 1.69. The van der Waals surface area contributed by atoms with Crippen molar-refractivity contribution in [1.82, 2.24) is 6.15 Å². The van der Waals surface area contributed by atoms with Gasteiger partial charge < -0.3 is 10.9 Å². The lowest BCUT2D eigenvalue weighted by Gasteiger charge is -2.00. The molecule has 1 rings (SSSR count). The Kier molecular flexibility index (Phi) is 6.63. The topological polar surface area (TPSA) is 44.2 Å². The molecule has 0 fully saturated rings. The first-order chi connectivity index (χ1) is 5.88. The number of methoxy groups -OCH3 is 1. The molecule has 1 aromatic rings. The predicted octanol–water partition coefficient (Wildman–Crippen LogP) is 3.65. The molecule has 0 aromatic carbocycles. The van der Waals surface area contributed by atoms with E-state index in [1.54, 1.807) is 18.4 Å². The molecule has 2 nitrogen and oxygen atoms in total. The summed E-state index contributed by atoms with van der Waals surface area (Å²) < 4.78 is 5.23. The van der Waals surface area contributed by atoms with Crippen molar-refractivity contribution in [1.29, 1.82) is 0 Å². The maximum Gasteiger partial charge on any atom is 0.176 e. The standard InChI is InChI=1S/C10H16OS.H3N/c1-3-4-5-6-9-7-8-12-10(9)11-2;/h7-8H,3-6H2,1-2H3;1H3. The van der Waals surface area contributed by atoms with E-state index >= 15 is 0 Å². The molecule has 13 heavy (non-hydrogen) atoms. The zero-order valence-electron chi connectivity index (χ0n) is 8.51. The van der Waals surface area contributed by atoms with Crippen LogP contribution >= 0.6 is 11.3 Å². The highest BCUT2D eigenvalue weighted by Crippen LogP contribution is 2.26. The van der Waals surface area contributed by atoms with E-state index in [0.717, 1.165) is 5.06 Å². The SMILES string of the molecule is CCCCCc1ccsc1OC.N. The summed E-state index contributed by atoms with van der Waals surface area (Å²) in [5, 5.41) is 3.19. The smallest absolute Gasteiger partial charge is 0.176 e. The van der Waals surface area contributed by atoms with Crippen molar-refractivity contribution >= 4 is 11.3 Å². The van der Waals surface area contributed by atoms with Crippen molar-refractivity contribution in [3.8, 4) is 5.06 Å². The second kappa shape index (κ2) is 6.92. The molecule has 0 atom stereocenters. The van der Waals surface area contributed by atoms with Gasteiger partial charge in [-0.05, 0) is 24.3 Å². The molecule has 3 N–H and O–H groups in total. The third kappa shape index (κ3) is 3.79. The van der Waals surface area contributed by atoms with E-state index in [-0.39, 0.29) is 6.15 Å². The summed E-state index contributed by atoms with van der Waals surface area (Å²) in [7, 11) is 1.75. The molecule has 3 heteroatoms. The molecular formula is C10H19NOS. The number of rotatable bonds is 5. The van der Waals surface area contributed by atoms with Gasteiger partial charge in [-0.3, -0.25) is 0 Å². The first kappa shape index (κ1) is 12.5. The van der Waals surface area contributed by atoms with E-state index in [1.807, 2.05) is 0 Å². The van der Waals surface area contributed by atoms with Gasteiger partial charge in [0.05, 0.1) is 7.11 Å². The van der Waals surface area contributed by atoms with Crippen LogP contribution in [0.1, 0.15) is 31.7 Å². The molecule has 0 aliphatic heterocycles. The van der Waals surface area contributed by atoms with Crippen LogP contribution in [0.3, 0.4) is 0 Å². The van der Waals surface area contributed by atoms with Crippen LogP contribution in [0, 0.1) is 0 Å². The number of thiophene rings is 1. The number of hydrogen-bond donors (Lipinski definition) is 1. The maximum atomic E-state index is 5.23. The van der Waals surface area contributed by atoms with Gasteiger partial charge in [0.1, 0.15) is 0 Å². The summed E-state index contributed by atoms with van der Waals surface area (Å²) in [6, 6.07) is 2.17. The fourth-order valence-corrected chi connectivity index (χ4v) is 2.03. The third-order valence-corrected chi connectivity index (χ3v) is 2.86. The Morgan fingerprint density at radius 3 is 2.77 bits per heavy atom. The zero-order chi connectivity index (χ0) is 8.81. The summed E-state index contributed by atoms with van der Waals surface area (Å²) in [6.07, 6.45) is 5.05. The molecule has 0 aliphatic carbocycles. The van der Waals surface area contributed by atoms with Crippen LogP contribution in [0.2, 0.25) is 0 Å². The predicted molar refractivity (Wildman–Crippen MR) is 59.1 cm³/mol. The number of hydrogen-bond acceptors (Lipinski definition) is 3. The minimum absolute atomic E-state index is 0. The zero-order valence-corrected chi connectivity index (χ0v) is 9.32. The second-order valence-corrected chi connectivity index (χ2v) is 3.77. The fourth-order valence-electron chi connectivity index (χ4n) is 1.25. The monoisotopic (exact) mass is 201 g/mol. The molecule has 76 valence electrons. The highest BCUT2D eigenvalue weighted by Gasteiger charge is 2.02. The van der Waals surface area contributed by atoms with Crippen LogP contribution in [0.15, 0.2) is 11.4 Å². The number of unbranched alkanes of at least 4 members (excludes halogenated alkanes) is 2. The van der Waals surface area contributed by atoms with Crippen LogP contribution in [-0.4, -0.2) is 7.11 Å². The van der Waals surface area contributed by atoms with E-state index in [2.05, 4.69) is 18.4 Å². The van der Waals surface area contributed by atoms with E-state index in [1.165, 1.54) is 31.2 Å². The normalized spacial score (nSPS) is 9.38. The van der Waals surface area contributed by atoms with E-state index in [9.17, 15) is 0 Å². The van der Waals surface area contributed by atoms with Crippen molar-refractivity contribution < 1.29 is 4.74 Å². The van der Waals surface area contributed by atoms with Gasteiger partial charge in [0, 0.05) is 5.56 Å². The van der Waals surface area contributed by atoms with Gasteiger partial charge in [-0.1, -0.05) is 19.8 Å². The largest absolute Gasteiger partial charge is 0.487 e. The average molecular weight is 201 g/mol. The van der Waals surface area contributed by atoms with Gasteiger partial charge in [0.25, 0.3) is 0 Å². The molecule has 0 saturated carbocycles. The van der Waals surface area contributed by atoms with Crippen LogP contribution in [0.5, 0.6) is 5.06 Å². The van der Waals surface area contributed by atoms with Crippen LogP contribution in [-0.2, 0) is 6.42 Å². The Balaban J connectivity index is 0.00000144. The van der Waals surface area contributed by atoms with Crippen molar-refractivity contribution in [2.75, 3.05) is 7.11 Å². The lowest BCUT2D eigenvalue weighted by atomic mass is 10.1. The molecule has 0 bridgehead atoms. The van der Waals surface area contributed by atoms with Crippen LogP contribution in [0.25, 0.3) is 0 Å². The number of aryl methyl sites for hydroxylation is 1. The van der Waals surface area contributed by atoms with Gasteiger partial charge in [0.15, 0.2) is 5.06 Å². The summed E-state index contributed by atoms with van der Waals surface area (Å²) in [5.41, 5.74) is 1.37. The Bertz CT molecular complexity index is 222. The molecule has 0 unspecified atom stereocenters. The lowest BCUT2D eigenvalue weighted by molar-refractivity contribution is 0.421. The van der Waals surface area contributed by atoms with Crippen molar-refractivity contribution in [2.45, 2.75) is 32.6 Å². The van der Waals surface area contributed by atoms with Crippen molar-refractivity contribution in [3.63, 3.8) is 0 Å². The van der Waals surface area contributed by atoms with E-state index in [0.29, 0.717) is 0 Å². The molecule has 0 saturated heterocycles. The molecule has 0 spiro atoms. The highest BCUT2D eigenvalue weighted by atomic mass is 32.1. The second-order valence-electron chi connectivity index (χ2n) is 2.89. The Labute approximate surface area is 84.5 Å². The lowest BCUT2D eigenvalue weighted by Crippen LogP contribution is -1.87. The molecule has 1 aromatic heterocycles. The van der Waals surface area contributed by atoms with Crippen molar-refractivity contribution in [3.05, 3.63) is 17.0 Å². The number of ether oxygens (including phenoxy) is 1. The molecular weight excluding hydrogens is 182 g/mol. The van der Waals surface area contributed by atoms with E-state index < -0.39 is 0 Å². The Morgan fingerprint density at radius 1 is 1.38 bits per heavy atom. The Morgan fingerprint density at radius 2 is 2.15 bits per heavy atom. The Hall–Kier alpha value is -0.540. The molecule has 0 aliphatic rings. The fraction of sp³-hybridized carbons (Fsp3) is 0.600. The van der Waals surface area contributed by atoms with Gasteiger partial charge in [-0.25, -0.2) is 0 Å². The molecule has 0 radical (unpaired) electrons. The minimum Gasteiger partial charge on any atom is -0.487 e. The third-order valence-electron chi connectivity index (χ3n) is 1.94. The van der Waals surface area contributed by atoms with Gasteiger partial charge in [-0.2, -0.15) is 0 Å². The summed E-state index contributed by atoms with van der Waals surface area (Å²) in [6.45, 7) is 2.23. The minimum atomic E-state index is 0. The quantitative estimate of drug-likeness (QED) is 0.739. The van der Waals surface area contributed by atoms with Gasteiger partial charge >= 0.3 is 0 Å². The van der Waals surface area contributed by atoms with E-state index in [4.69, 9.17) is 4.74 Å². The first-order valence-electron chi connectivity index (χ1n) is 4.48. The summed E-state index contributed by atoms with van der Waals surface area (Å²) in [5.74, 6) is 0. The summed E-state index contributed by atoms with van der Waals surface area (Å²) in [4.78, 5) is 0. The van der Waals surface area contributed by atoms with Crippen molar-refractivity contribution in [2.24, 2.45) is 0 Å². The van der Waals surface area contributed by atoms with Crippen LogP contribution < -0.4 is 10.9 Å². The van der Waals surface area contributed by atoms with Gasteiger partial charge in [-0.15, -0.1) is 11.3 Å². The first-order valence-corrected chi connectivity index (χ1v) is 5.36. The highest BCUT2D eigenvalue weighted by molar-refractivity contribution is 7.12. The molecule has 1 heterocycles. The van der Waals surface area contributed by atoms with Crippen LogP contribution in [0.4, 0.5) is 0 Å². The average Bonchev–Trinajstić information content (AvgIpc) is 2.52. The maximum absolute atomic E-state index is 5.23. The van der Waals surface area contributed by atoms with Gasteiger partial charge in [0.2, 0.25) is 0 Å². The molecule has 0 amide bonds.